The van der Waals surface area contributed by atoms with Gasteiger partial charge in [0, 0.05) is 7.11 Å². The Balaban J connectivity index is 1.85. The number of aliphatic hydroxyl groups excluding tert-OH is 2. The molecule has 0 bridgehead atoms. The van der Waals surface area contributed by atoms with Gasteiger partial charge in [0.15, 0.2) is 18.5 Å². The van der Waals surface area contributed by atoms with E-state index in [4.69, 9.17) is 18.9 Å². The number of carbonyl (C=O) groups is 2. The first kappa shape index (κ1) is 20.9. The average Bonchev–Trinajstić information content (AvgIpc) is 2.77. The van der Waals surface area contributed by atoms with Crippen molar-refractivity contribution in [2.75, 3.05) is 13.7 Å². The third-order valence-corrected chi connectivity index (χ3v) is 4.54. The third-order valence-electron chi connectivity index (χ3n) is 4.54. The predicted molar refractivity (Wildman–Crippen MR) is 100 cm³/mol. The molecule has 0 spiro atoms. The number of aliphatic hydroxyl groups is 2. The van der Waals surface area contributed by atoms with E-state index in [-0.39, 0.29) is 11.1 Å². The molecule has 0 saturated carbocycles. The van der Waals surface area contributed by atoms with Crippen LogP contribution in [0.5, 0.6) is 0 Å². The fourth-order valence-corrected chi connectivity index (χ4v) is 3.02. The van der Waals surface area contributed by atoms with E-state index < -0.39 is 49.3 Å². The zero-order valence-corrected chi connectivity index (χ0v) is 15.7. The van der Waals surface area contributed by atoms with Crippen molar-refractivity contribution in [3.63, 3.8) is 0 Å². The Bertz CT molecular complexity index is 810. The lowest BCUT2D eigenvalue weighted by Crippen LogP contribution is -2.61. The Hall–Kier alpha value is -2.78. The fourth-order valence-electron chi connectivity index (χ4n) is 3.02. The zero-order valence-electron chi connectivity index (χ0n) is 15.7. The second kappa shape index (κ2) is 9.62. The molecule has 0 amide bonds. The van der Waals surface area contributed by atoms with Crippen LogP contribution in [-0.2, 0) is 18.9 Å². The van der Waals surface area contributed by atoms with Gasteiger partial charge in [-0.05, 0) is 24.3 Å². The predicted octanol–water partition coefficient (Wildman–Crippen LogP) is 1.16. The summed E-state index contributed by atoms with van der Waals surface area (Å²) in [4.78, 5) is 25.1. The minimum absolute atomic E-state index is 0.258. The lowest BCUT2D eigenvalue weighted by molar-refractivity contribution is -0.292. The molecule has 1 aliphatic rings. The van der Waals surface area contributed by atoms with Crippen LogP contribution in [0.3, 0.4) is 0 Å². The molecule has 1 saturated heterocycles. The number of esters is 2. The summed E-state index contributed by atoms with van der Waals surface area (Å²) in [6.07, 6.45) is -6.24. The van der Waals surface area contributed by atoms with Crippen LogP contribution in [0.15, 0.2) is 60.7 Å². The molecule has 0 unspecified atom stereocenters. The molecule has 2 aromatic rings. The molecule has 1 aliphatic heterocycles. The molecule has 0 radical (unpaired) electrons. The topological polar surface area (TPSA) is 112 Å². The summed E-state index contributed by atoms with van der Waals surface area (Å²) in [6.45, 7) is -0.542. The zero-order chi connectivity index (χ0) is 20.8. The molecule has 8 nitrogen and oxygen atoms in total. The first-order valence-corrected chi connectivity index (χ1v) is 9.04. The minimum Gasteiger partial charge on any atom is -0.452 e. The minimum atomic E-state index is -1.44. The van der Waals surface area contributed by atoms with Gasteiger partial charge in [-0.25, -0.2) is 9.59 Å². The van der Waals surface area contributed by atoms with Crippen molar-refractivity contribution in [2.45, 2.75) is 30.7 Å². The van der Waals surface area contributed by atoms with Crippen molar-refractivity contribution in [3.8, 4) is 0 Å². The van der Waals surface area contributed by atoms with E-state index in [2.05, 4.69) is 0 Å². The number of benzene rings is 2. The lowest BCUT2D eigenvalue weighted by atomic mass is 9.98. The molecule has 2 N–H and O–H groups in total. The van der Waals surface area contributed by atoms with E-state index in [1.807, 2.05) is 0 Å². The van der Waals surface area contributed by atoms with Gasteiger partial charge in [-0.1, -0.05) is 36.4 Å². The maximum atomic E-state index is 12.5. The van der Waals surface area contributed by atoms with E-state index in [0.29, 0.717) is 0 Å². The highest BCUT2D eigenvalue weighted by atomic mass is 16.7. The van der Waals surface area contributed by atoms with Gasteiger partial charge in [0.05, 0.1) is 17.7 Å². The first-order chi connectivity index (χ1) is 14.0. The summed E-state index contributed by atoms with van der Waals surface area (Å²) in [7, 11) is 1.32. The second-order valence-corrected chi connectivity index (χ2v) is 6.42. The van der Waals surface area contributed by atoms with Crippen LogP contribution < -0.4 is 0 Å². The third kappa shape index (κ3) is 4.80. The van der Waals surface area contributed by atoms with Gasteiger partial charge in [-0.2, -0.15) is 0 Å². The van der Waals surface area contributed by atoms with E-state index in [0.717, 1.165) is 0 Å². The maximum Gasteiger partial charge on any atom is 0.338 e. The highest BCUT2D eigenvalue weighted by molar-refractivity contribution is 5.90. The summed E-state index contributed by atoms with van der Waals surface area (Å²) >= 11 is 0. The van der Waals surface area contributed by atoms with Crippen molar-refractivity contribution >= 4 is 11.9 Å². The average molecular weight is 402 g/mol. The fraction of sp³-hybridized carbons (Fsp3) is 0.333. The van der Waals surface area contributed by atoms with Crippen molar-refractivity contribution < 1.29 is 38.7 Å². The van der Waals surface area contributed by atoms with Crippen LogP contribution in [0, 0.1) is 0 Å². The van der Waals surface area contributed by atoms with Crippen LogP contribution in [-0.4, -0.2) is 66.6 Å². The van der Waals surface area contributed by atoms with Gasteiger partial charge in [0.2, 0.25) is 0 Å². The molecular formula is C21H22O8. The molecule has 154 valence electrons. The molecule has 2 aromatic carbocycles. The molecular weight excluding hydrogens is 380 g/mol. The Kier molecular flexibility index (Phi) is 6.95. The normalized spacial score (nSPS) is 26.5. The Morgan fingerprint density at radius 1 is 0.897 bits per heavy atom. The molecule has 0 aliphatic carbocycles. The Labute approximate surface area is 167 Å². The summed E-state index contributed by atoms with van der Waals surface area (Å²) in [5.74, 6) is -1.42. The smallest absolute Gasteiger partial charge is 0.338 e. The SMILES string of the molecule is CO[C@H]1O[C@H](CO)[C@@H](O)[C@H](OC(=O)c2ccccc2)[C@@H]1OC(=O)c1ccccc1. The number of ether oxygens (including phenoxy) is 4. The summed E-state index contributed by atoms with van der Waals surface area (Å²) in [5, 5.41) is 20.1. The number of hydrogen-bond acceptors (Lipinski definition) is 8. The van der Waals surface area contributed by atoms with E-state index in [1.165, 1.54) is 7.11 Å². The number of hydrogen-bond donors (Lipinski definition) is 2. The summed E-state index contributed by atoms with van der Waals surface area (Å²) in [5.41, 5.74) is 0.531. The molecule has 1 fully saturated rings. The number of methoxy groups -OCH3 is 1. The highest BCUT2D eigenvalue weighted by Gasteiger charge is 2.50. The highest BCUT2D eigenvalue weighted by Crippen LogP contribution is 2.28. The van der Waals surface area contributed by atoms with Gasteiger partial charge in [-0.15, -0.1) is 0 Å². The maximum absolute atomic E-state index is 12.5. The first-order valence-electron chi connectivity index (χ1n) is 9.04. The summed E-state index contributed by atoms with van der Waals surface area (Å²) < 4.78 is 21.7. The largest absolute Gasteiger partial charge is 0.452 e. The molecule has 5 atom stereocenters. The van der Waals surface area contributed by atoms with Crippen molar-refractivity contribution in [1.82, 2.24) is 0 Å². The molecule has 1 heterocycles. The molecule has 0 aromatic heterocycles. The van der Waals surface area contributed by atoms with E-state index in [1.54, 1.807) is 60.7 Å². The van der Waals surface area contributed by atoms with Gasteiger partial charge in [-0.3, -0.25) is 0 Å². The van der Waals surface area contributed by atoms with Gasteiger partial charge >= 0.3 is 11.9 Å². The van der Waals surface area contributed by atoms with Crippen LogP contribution in [0.2, 0.25) is 0 Å². The molecule has 3 rings (SSSR count). The van der Waals surface area contributed by atoms with Crippen LogP contribution in [0.25, 0.3) is 0 Å². The lowest BCUT2D eigenvalue weighted by Gasteiger charge is -2.42. The quantitative estimate of drug-likeness (QED) is 0.693. The van der Waals surface area contributed by atoms with Crippen LogP contribution in [0.1, 0.15) is 20.7 Å². The van der Waals surface area contributed by atoms with E-state index in [9.17, 15) is 19.8 Å². The monoisotopic (exact) mass is 402 g/mol. The Morgan fingerprint density at radius 2 is 1.38 bits per heavy atom. The van der Waals surface area contributed by atoms with Gasteiger partial charge < -0.3 is 29.2 Å². The molecule has 29 heavy (non-hydrogen) atoms. The van der Waals surface area contributed by atoms with Gasteiger partial charge in [0.1, 0.15) is 12.2 Å². The van der Waals surface area contributed by atoms with Crippen molar-refractivity contribution in [2.24, 2.45) is 0 Å². The van der Waals surface area contributed by atoms with E-state index >= 15 is 0 Å². The van der Waals surface area contributed by atoms with Crippen LogP contribution in [0.4, 0.5) is 0 Å². The van der Waals surface area contributed by atoms with Crippen molar-refractivity contribution in [1.29, 1.82) is 0 Å². The standard InChI is InChI=1S/C21H22O8/c1-26-21-18(29-20(25)14-10-6-3-7-11-14)17(16(23)15(12-22)27-21)28-19(24)13-8-4-2-5-9-13/h2-11,15-18,21-23H,12H2,1H3/t15-,16-,17+,18+,21+/m1/s1. The summed E-state index contributed by atoms with van der Waals surface area (Å²) in [6, 6.07) is 16.4. The number of carbonyl (C=O) groups excluding carboxylic acids is 2. The Morgan fingerprint density at radius 3 is 1.83 bits per heavy atom. The van der Waals surface area contributed by atoms with Crippen molar-refractivity contribution in [3.05, 3.63) is 71.8 Å². The second-order valence-electron chi connectivity index (χ2n) is 6.42. The van der Waals surface area contributed by atoms with Crippen LogP contribution >= 0.6 is 0 Å². The number of rotatable bonds is 6. The van der Waals surface area contributed by atoms with Gasteiger partial charge in [0.25, 0.3) is 0 Å². The molecule has 8 heteroatoms.